The van der Waals surface area contributed by atoms with Crippen LogP contribution in [0.1, 0.15) is 25.7 Å². The van der Waals surface area contributed by atoms with E-state index in [1.165, 1.54) is 18.2 Å². The molecule has 2 rings (SSSR count). The number of aromatic nitrogens is 1. The number of hydrogen-bond acceptors (Lipinski definition) is 4. The zero-order valence-corrected chi connectivity index (χ0v) is 12.3. The Bertz CT molecular complexity index is 685. The molecule has 1 aromatic heterocycles. The van der Waals surface area contributed by atoms with Gasteiger partial charge in [-0.3, -0.25) is 0 Å². The van der Waals surface area contributed by atoms with Crippen molar-refractivity contribution in [3.63, 3.8) is 0 Å². The standard InChI is InChI=1S/C14H16F3N3O3/c1-8(3-2-6-21)18-13(22)19-9-4-5-11-10(7-9)20-12(23-11)14(15,16)17/h4-5,7-8,21H,2-3,6H2,1H3,(H2,18,19,22)/t8-/m1/s1. The summed E-state index contributed by atoms with van der Waals surface area (Å²) in [4.78, 5) is 15.1. The lowest BCUT2D eigenvalue weighted by Crippen LogP contribution is -2.36. The van der Waals surface area contributed by atoms with Crippen LogP contribution in [0.15, 0.2) is 22.6 Å². The molecule has 0 radical (unpaired) electrons. The van der Waals surface area contributed by atoms with E-state index in [-0.39, 0.29) is 23.7 Å². The van der Waals surface area contributed by atoms with E-state index in [0.717, 1.165) is 0 Å². The lowest BCUT2D eigenvalue weighted by Gasteiger charge is -2.13. The van der Waals surface area contributed by atoms with Crippen LogP contribution in [0, 0.1) is 0 Å². The van der Waals surface area contributed by atoms with Crippen LogP contribution >= 0.6 is 0 Å². The summed E-state index contributed by atoms with van der Waals surface area (Å²) in [6.07, 6.45) is -3.49. The lowest BCUT2D eigenvalue weighted by atomic mass is 10.2. The van der Waals surface area contributed by atoms with Gasteiger partial charge in [0.2, 0.25) is 0 Å². The Hall–Kier alpha value is -2.29. The number of carbonyl (C=O) groups excluding carboxylic acids is 1. The molecule has 0 aliphatic rings. The Balaban J connectivity index is 2.04. The molecule has 1 heterocycles. The van der Waals surface area contributed by atoms with Crippen molar-refractivity contribution in [2.24, 2.45) is 0 Å². The van der Waals surface area contributed by atoms with Crippen molar-refractivity contribution < 1.29 is 27.5 Å². The van der Waals surface area contributed by atoms with Crippen molar-refractivity contribution >= 4 is 22.8 Å². The highest BCUT2D eigenvalue weighted by molar-refractivity contribution is 5.91. The van der Waals surface area contributed by atoms with Crippen LogP contribution < -0.4 is 10.6 Å². The maximum Gasteiger partial charge on any atom is 0.468 e. The normalized spacial score (nSPS) is 13.1. The van der Waals surface area contributed by atoms with Crippen molar-refractivity contribution in [3.05, 3.63) is 24.1 Å². The summed E-state index contributed by atoms with van der Waals surface area (Å²) in [7, 11) is 0. The summed E-state index contributed by atoms with van der Waals surface area (Å²) < 4.78 is 42.2. The number of urea groups is 1. The van der Waals surface area contributed by atoms with Crippen LogP contribution in [0.2, 0.25) is 0 Å². The van der Waals surface area contributed by atoms with E-state index in [1.807, 2.05) is 0 Å². The van der Waals surface area contributed by atoms with Gasteiger partial charge < -0.3 is 20.2 Å². The average molecular weight is 331 g/mol. The second-order valence-corrected chi connectivity index (χ2v) is 5.06. The summed E-state index contributed by atoms with van der Waals surface area (Å²) in [6.45, 7) is 1.82. The van der Waals surface area contributed by atoms with Gasteiger partial charge in [-0.2, -0.15) is 13.2 Å². The van der Waals surface area contributed by atoms with Crippen LogP contribution in [-0.4, -0.2) is 28.8 Å². The number of amides is 2. The molecule has 0 bridgehead atoms. The van der Waals surface area contributed by atoms with E-state index in [1.54, 1.807) is 6.92 Å². The minimum Gasteiger partial charge on any atom is -0.433 e. The first-order valence-corrected chi connectivity index (χ1v) is 6.96. The molecule has 0 saturated heterocycles. The van der Waals surface area contributed by atoms with Crippen molar-refractivity contribution in [1.82, 2.24) is 10.3 Å². The molecule has 23 heavy (non-hydrogen) atoms. The van der Waals surface area contributed by atoms with Crippen LogP contribution in [0.4, 0.5) is 23.7 Å². The Labute approximate surface area is 129 Å². The number of oxazole rings is 1. The number of rotatable bonds is 5. The Kier molecular flexibility index (Phi) is 5.09. The second kappa shape index (κ2) is 6.86. The quantitative estimate of drug-likeness (QED) is 0.785. The molecule has 0 saturated carbocycles. The first-order valence-electron chi connectivity index (χ1n) is 6.96. The van der Waals surface area contributed by atoms with Crippen LogP contribution in [0.25, 0.3) is 11.1 Å². The number of anilines is 1. The van der Waals surface area contributed by atoms with Gasteiger partial charge in [0.25, 0.3) is 0 Å². The monoisotopic (exact) mass is 331 g/mol. The van der Waals surface area contributed by atoms with Crippen molar-refractivity contribution in [1.29, 1.82) is 0 Å². The van der Waals surface area contributed by atoms with Gasteiger partial charge in [0.1, 0.15) is 5.52 Å². The van der Waals surface area contributed by atoms with E-state index in [9.17, 15) is 18.0 Å². The molecule has 9 heteroatoms. The van der Waals surface area contributed by atoms with Crippen LogP contribution in [0.5, 0.6) is 0 Å². The second-order valence-electron chi connectivity index (χ2n) is 5.06. The molecular weight excluding hydrogens is 315 g/mol. The molecule has 0 fully saturated rings. The van der Waals surface area contributed by atoms with Crippen molar-refractivity contribution in [2.75, 3.05) is 11.9 Å². The van der Waals surface area contributed by atoms with E-state index in [0.29, 0.717) is 18.5 Å². The molecular formula is C14H16F3N3O3. The Morgan fingerprint density at radius 3 is 2.83 bits per heavy atom. The number of nitrogens with one attached hydrogen (secondary N) is 2. The van der Waals surface area contributed by atoms with Gasteiger partial charge in [-0.1, -0.05) is 0 Å². The molecule has 0 aliphatic carbocycles. The molecule has 6 nitrogen and oxygen atoms in total. The molecule has 1 aromatic carbocycles. The number of fused-ring (bicyclic) bond motifs is 1. The molecule has 126 valence electrons. The number of aliphatic hydroxyl groups excluding tert-OH is 1. The lowest BCUT2D eigenvalue weighted by molar-refractivity contribution is -0.156. The third kappa shape index (κ3) is 4.59. The Morgan fingerprint density at radius 2 is 2.17 bits per heavy atom. The summed E-state index contributed by atoms with van der Waals surface area (Å²) in [5.74, 6) is -1.33. The number of aliphatic hydroxyl groups is 1. The maximum atomic E-state index is 12.5. The van der Waals surface area contributed by atoms with Crippen molar-refractivity contribution in [2.45, 2.75) is 32.0 Å². The molecule has 2 amide bonds. The highest BCUT2D eigenvalue weighted by Gasteiger charge is 2.37. The van der Waals surface area contributed by atoms with Gasteiger partial charge in [0, 0.05) is 18.3 Å². The highest BCUT2D eigenvalue weighted by Crippen LogP contribution is 2.31. The third-order valence-corrected chi connectivity index (χ3v) is 3.06. The number of halogens is 3. The highest BCUT2D eigenvalue weighted by atomic mass is 19.4. The van der Waals surface area contributed by atoms with E-state index >= 15 is 0 Å². The predicted octanol–water partition coefficient (Wildman–Crippen LogP) is 3.13. The smallest absolute Gasteiger partial charge is 0.433 e. The van der Waals surface area contributed by atoms with Gasteiger partial charge >= 0.3 is 18.1 Å². The fourth-order valence-corrected chi connectivity index (χ4v) is 1.99. The van der Waals surface area contributed by atoms with Crippen LogP contribution in [-0.2, 0) is 6.18 Å². The van der Waals surface area contributed by atoms with Gasteiger partial charge in [0.15, 0.2) is 5.58 Å². The summed E-state index contributed by atoms with van der Waals surface area (Å²) in [5.41, 5.74) is 0.287. The van der Waals surface area contributed by atoms with Gasteiger partial charge in [-0.15, -0.1) is 0 Å². The topological polar surface area (TPSA) is 87.4 Å². The van der Waals surface area contributed by atoms with Gasteiger partial charge in [-0.25, -0.2) is 9.78 Å². The predicted molar refractivity (Wildman–Crippen MR) is 76.9 cm³/mol. The summed E-state index contributed by atoms with van der Waals surface area (Å²) in [6, 6.07) is 3.39. The zero-order valence-electron chi connectivity index (χ0n) is 12.3. The third-order valence-electron chi connectivity index (χ3n) is 3.06. The fourth-order valence-electron chi connectivity index (χ4n) is 1.99. The number of nitrogens with zero attached hydrogens (tertiary/aromatic N) is 1. The first-order chi connectivity index (χ1) is 10.8. The minimum absolute atomic E-state index is 0.00320. The van der Waals surface area contributed by atoms with E-state index < -0.39 is 18.1 Å². The number of benzene rings is 1. The SMILES string of the molecule is C[C@H](CCCO)NC(=O)Nc1ccc2oc(C(F)(F)F)nc2c1. The molecule has 0 unspecified atom stereocenters. The maximum absolute atomic E-state index is 12.5. The molecule has 3 N–H and O–H groups in total. The summed E-state index contributed by atoms with van der Waals surface area (Å²) >= 11 is 0. The average Bonchev–Trinajstić information content (AvgIpc) is 2.88. The zero-order chi connectivity index (χ0) is 17.0. The largest absolute Gasteiger partial charge is 0.468 e. The number of alkyl halides is 3. The minimum atomic E-state index is -4.66. The van der Waals surface area contributed by atoms with Crippen molar-refractivity contribution in [3.8, 4) is 0 Å². The van der Waals surface area contributed by atoms with E-state index in [4.69, 9.17) is 5.11 Å². The van der Waals surface area contributed by atoms with Gasteiger partial charge in [0.05, 0.1) is 0 Å². The fraction of sp³-hybridized carbons (Fsp3) is 0.429. The summed E-state index contributed by atoms with van der Waals surface area (Å²) in [5, 5.41) is 13.9. The Morgan fingerprint density at radius 1 is 1.43 bits per heavy atom. The van der Waals surface area contributed by atoms with Gasteiger partial charge in [-0.05, 0) is 38.0 Å². The van der Waals surface area contributed by atoms with Crippen LogP contribution in [0.3, 0.4) is 0 Å². The molecule has 0 spiro atoms. The number of carbonyl (C=O) groups is 1. The number of hydrogen-bond donors (Lipinski definition) is 3. The molecule has 1 atom stereocenters. The molecule has 0 aliphatic heterocycles. The van der Waals surface area contributed by atoms with E-state index in [2.05, 4.69) is 20.0 Å². The first kappa shape index (κ1) is 17.1. The molecule has 2 aromatic rings.